The average Bonchev–Trinajstić information content (AvgIpc) is 2.93. The number of aromatic nitrogens is 1. The van der Waals surface area contributed by atoms with Crippen molar-refractivity contribution in [3.63, 3.8) is 0 Å². The largest absolute Gasteiger partial charge is 0.493 e. The Hall–Kier alpha value is -4.40. The number of carbonyl (C=O) groups excluding carboxylic acids is 3. The fraction of sp³-hybridized carbons (Fsp3) is 0.333. The Kier molecular flexibility index (Phi) is 10.9. The van der Waals surface area contributed by atoms with Crippen LogP contribution < -0.4 is 14.2 Å². The molecule has 0 N–H and O–H groups in total. The van der Waals surface area contributed by atoms with Crippen LogP contribution in [0.2, 0.25) is 0 Å². The molecule has 1 heterocycles. The highest BCUT2D eigenvalue weighted by atomic mass is 16.7. The predicted octanol–water partition coefficient (Wildman–Crippen LogP) is 4.82. The van der Waals surface area contributed by atoms with Gasteiger partial charge in [-0.3, -0.25) is 14.4 Å². The van der Waals surface area contributed by atoms with Crippen molar-refractivity contribution < 1.29 is 38.1 Å². The number of hydrogen-bond acceptors (Lipinski definition) is 9. The molecule has 0 saturated carbocycles. The van der Waals surface area contributed by atoms with Crippen molar-refractivity contribution in [1.82, 2.24) is 4.98 Å². The van der Waals surface area contributed by atoms with E-state index in [9.17, 15) is 14.4 Å². The summed E-state index contributed by atoms with van der Waals surface area (Å²) < 4.78 is 27.5. The Labute approximate surface area is 228 Å². The second-order valence-electron chi connectivity index (χ2n) is 8.92. The molecule has 1 unspecified atom stereocenters. The number of methoxy groups -OCH3 is 1. The molecule has 206 valence electrons. The fourth-order valence-electron chi connectivity index (χ4n) is 3.76. The van der Waals surface area contributed by atoms with Crippen molar-refractivity contribution in [2.45, 2.75) is 45.8 Å². The SMILES string of the molecule is COc1ccnc(C(=O)C[C@@H](C)C(=O)OC(Cc2ccccc2)[C@H](C)Oc2ccccc2)c1OCOC(C)=O. The molecule has 0 radical (unpaired) electrons. The highest BCUT2D eigenvalue weighted by Gasteiger charge is 2.29. The zero-order valence-corrected chi connectivity index (χ0v) is 22.5. The summed E-state index contributed by atoms with van der Waals surface area (Å²) in [6.07, 6.45) is 0.588. The van der Waals surface area contributed by atoms with Crippen molar-refractivity contribution in [2.24, 2.45) is 5.92 Å². The third-order valence-electron chi connectivity index (χ3n) is 5.85. The Balaban J connectivity index is 1.72. The highest BCUT2D eigenvalue weighted by Crippen LogP contribution is 2.31. The minimum Gasteiger partial charge on any atom is -0.493 e. The van der Waals surface area contributed by atoms with E-state index in [0.717, 1.165) is 5.56 Å². The molecule has 0 aliphatic carbocycles. The van der Waals surface area contributed by atoms with E-state index < -0.39 is 42.6 Å². The lowest BCUT2D eigenvalue weighted by Gasteiger charge is -2.26. The van der Waals surface area contributed by atoms with Crippen LogP contribution in [0.1, 0.15) is 43.2 Å². The predicted molar refractivity (Wildman–Crippen MR) is 143 cm³/mol. The normalized spacial score (nSPS) is 12.9. The van der Waals surface area contributed by atoms with Gasteiger partial charge in [0.25, 0.3) is 0 Å². The van der Waals surface area contributed by atoms with Crippen LogP contribution in [0.15, 0.2) is 72.9 Å². The smallest absolute Gasteiger partial charge is 0.309 e. The van der Waals surface area contributed by atoms with Crippen LogP contribution in [0, 0.1) is 5.92 Å². The van der Waals surface area contributed by atoms with Crippen molar-refractivity contribution in [3.8, 4) is 17.2 Å². The molecule has 0 fully saturated rings. The van der Waals surface area contributed by atoms with Gasteiger partial charge in [0.2, 0.25) is 6.79 Å². The number of Topliss-reactive ketones (excluding diaryl/α,β-unsaturated/α-hetero) is 1. The summed E-state index contributed by atoms with van der Waals surface area (Å²) >= 11 is 0. The third-order valence-corrected chi connectivity index (χ3v) is 5.85. The maximum atomic E-state index is 13.2. The number of carbonyl (C=O) groups is 3. The maximum Gasteiger partial charge on any atom is 0.309 e. The van der Waals surface area contributed by atoms with Crippen molar-refractivity contribution in [2.75, 3.05) is 13.9 Å². The van der Waals surface area contributed by atoms with Crippen LogP contribution >= 0.6 is 0 Å². The lowest BCUT2D eigenvalue weighted by molar-refractivity contribution is -0.157. The molecule has 2 aromatic carbocycles. The van der Waals surface area contributed by atoms with E-state index in [-0.39, 0.29) is 23.6 Å². The van der Waals surface area contributed by atoms with Crippen LogP contribution in [-0.2, 0) is 25.5 Å². The lowest BCUT2D eigenvalue weighted by atomic mass is 10.0. The first-order valence-electron chi connectivity index (χ1n) is 12.6. The summed E-state index contributed by atoms with van der Waals surface area (Å²) in [5, 5.41) is 0. The Bertz CT molecular complexity index is 1230. The number of nitrogens with zero attached hydrogens (tertiary/aromatic N) is 1. The van der Waals surface area contributed by atoms with Gasteiger partial charge in [-0.05, 0) is 24.6 Å². The number of rotatable bonds is 14. The number of hydrogen-bond donors (Lipinski definition) is 0. The van der Waals surface area contributed by atoms with Gasteiger partial charge in [-0.15, -0.1) is 0 Å². The minimum absolute atomic E-state index is 0.0265. The number of benzene rings is 2. The van der Waals surface area contributed by atoms with E-state index in [1.165, 1.54) is 26.3 Å². The number of ether oxygens (including phenoxy) is 5. The molecule has 0 aliphatic heterocycles. The Morgan fingerprint density at radius 1 is 0.923 bits per heavy atom. The van der Waals surface area contributed by atoms with E-state index in [0.29, 0.717) is 12.2 Å². The third kappa shape index (κ3) is 8.84. The average molecular weight is 536 g/mol. The molecule has 3 aromatic rings. The zero-order chi connectivity index (χ0) is 28.2. The Morgan fingerprint density at radius 2 is 1.59 bits per heavy atom. The van der Waals surface area contributed by atoms with Gasteiger partial charge in [-0.1, -0.05) is 55.5 Å². The van der Waals surface area contributed by atoms with Crippen LogP contribution in [0.3, 0.4) is 0 Å². The minimum atomic E-state index is -0.783. The van der Waals surface area contributed by atoms with Crippen molar-refractivity contribution >= 4 is 17.7 Å². The second-order valence-corrected chi connectivity index (χ2v) is 8.92. The number of ketones is 1. The quantitative estimate of drug-likeness (QED) is 0.163. The molecule has 0 bridgehead atoms. The van der Waals surface area contributed by atoms with Crippen molar-refractivity contribution in [1.29, 1.82) is 0 Å². The van der Waals surface area contributed by atoms with Gasteiger partial charge in [-0.2, -0.15) is 0 Å². The molecule has 0 amide bonds. The van der Waals surface area contributed by atoms with Gasteiger partial charge in [0.05, 0.1) is 13.0 Å². The molecule has 0 aliphatic rings. The van der Waals surface area contributed by atoms with Crippen LogP contribution in [0.4, 0.5) is 0 Å². The number of para-hydroxylation sites is 1. The molecule has 1 aromatic heterocycles. The molecular formula is C30H33NO8. The topological polar surface area (TPSA) is 110 Å². The summed E-state index contributed by atoms with van der Waals surface area (Å²) in [4.78, 5) is 41.5. The first kappa shape index (κ1) is 29.2. The van der Waals surface area contributed by atoms with Crippen molar-refractivity contribution in [3.05, 3.63) is 84.2 Å². The van der Waals surface area contributed by atoms with Gasteiger partial charge in [0.15, 0.2) is 23.0 Å². The van der Waals surface area contributed by atoms with E-state index in [1.54, 1.807) is 6.92 Å². The molecule has 3 atom stereocenters. The van der Waals surface area contributed by atoms with Crippen LogP contribution in [0.25, 0.3) is 0 Å². The van der Waals surface area contributed by atoms with Gasteiger partial charge >= 0.3 is 11.9 Å². The standard InChI is InChI=1S/C30H33NO8/c1-20(17-25(33)28-29(37-19-36-22(3)32)26(35-4)15-16-31-28)30(34)39-27(18-23-11-7-5-8-12-23)21(2)38-24-13-9-6-10-14-24/h5-16,20-21,27H,17-19H2,1-4H3/t20-,21+,27?/m1/s1. The van der Waals surface area contributed by atoms with Crippen LogP contribution in [-0.4, -0.2) is 48.8 Å². The van der Waals surface area contributed by atoms with E-state index in [4.69, 9.17) is 23.7 Å². The van der Waals surface area contributed by atoms with E-state index in [2.05, 4.69) is 4.98 Å². The monoisotopic (exact) mass is 535 g/mol. The Morgan fingerprint density at radius 3 is 2.23 bits per heavy atom. The van der Waals surface area contributed by atoms with Gasteiger partial charge in [0, 0.05) is 32.0 Å². The molecule has 9 nitrogen and oxygen atoms in total. The molecular weight excluding hydrogens is 502 g/mol. The zero-order valence-electron chi connectivity index (χ0n) is 22.5. The number of pyridine rings is 1. The molecule has 0 spiro atoms. The summed E-state index contributed by atoms with van der Waals surface area (Å²) in [5.74, 6) is -1.40. The molecule has 9 heteroatoms. The van der Waals surface area contributed by atoms with E-state index >= 15 is 0 Å². The summed E-state index contributed by atoms with van der Waals surface area (Å²) in [6, 6.07) is 20.5. The summed E-state index contributed by atoms with van der Waals surface area (Å²) in [6.45, 7) is 4.27. The van der Waals surface area contributed by atoms with Gasteiger partial charge < -0.3 is 23.7 Å². The summed E-state index contributed by atoms with van der Waals surface area (Å²) in [5.41, 5.74) is 0.945. The van der Waals surface area contributed by atoms with E-state index in [1.807, 2.05) is 67.6 Å². The summed E-state index contributed by atoms with van der Waals surface area (Å²) in [7, 11) is 1.41. The van der Waals surface area contributed by atoms with Gasteiger partial charge in [-0.25, -0.2) is 4.98 Å². The lowest BCUT2D eigenvalue weighted by Crippen LogP contribution is -2.37. The number of esters is 2. The van der Waals surface area contributed by atoms with Gasteiger partial charge in [0.1, 0.15) is 18.0 Å². The maximum absolute atomic E-state index is 13.2. The second kappa shape index (κ2) is 14.5. The molecule has 3 rings (SSSR count). The first-order valence-corrected chi connectivity index (χ1v) is 12.6. The molecule has 39 heavy (non-hydrogen) atoms. The first-order chi connectivity index (χ1) is 18.8. The highest BCUT2D eigenvalue weighted by molar-refractivity contribution is 5.99. The molecule has 0 saturated heterocycles. The fourth-order valence-corrected chi connectivity index (χ4v) is 3.76. The van der Waals surface area contributed by atoms with Crippen LogP contribution in [0.5, 0.6) is 17.2 Å².